The summed E-state index contributed by atoms with van der Waals surface area (Å²) >= 11 is 12.2. The van der Waals surface area contributed by atoms with Gasteiger partial charge in [0.1, 0.15) is 5.75 Å². The summed E-state index contributed by atoms with van der Waals surface area (Å²) in [5.41, 5.74) is 3.88. The van der Waals surface area contributed by atoms with Gasteiger partial charge >= 0.3 is 0 Å². The molecule has 0 saturated carbocycles. The zero-order valence-corrected chi connectivity index (χ0v) is 17.5. The first-order valence-electron chi connectivity index (χ1n) is 9.46. The number of ketones is 1. The quantitative estimate of drug-likeness (QED) is 0.410. The summed E-state index contributed by atoms with van der Waals surface area (Å²) in [5, 5.41) is 1.25. The number of carbonyl (C=O) groups is 1. The van der Waals surface area contributed by atoms with Gasteiger partial charge in [-0.1, -0.05) is 71.7 Å². The minimum absolute atomic E-state index is 0.0108. The maximum atomic E-state index is 13.4. The number of Topliss-reactive ketones (excluding diaryl/α,β-unsaturated/α-hetero) is 1. The third kappa shape index (κ3) is 4.10. The number of halogens is 2. The second-order valence-corrected chi connectivity index (χ2v) is 8.02. The Kier molecular flexibility index (Phi) is 5.75. The predicted octanol–water partition coefficient (Wildman–Crippen LogP) is 7.07. The molecule has 3 aromatic rings. The molecule has 0 spiro atoms. The number of allylic oxidation sites excluding steroid dienone is 2. The molecule has 1 aliphatic carbocycles. The Balaban J connectivity index is 1.77. The lowest BCUT2D eigenvalue weighted by Crippen LogP contribution is -2.18. The third-order valence-corrected chi connectivity index (χ3v) is 5.91. The van der Waals surface area contributed by atoms with E-state index in [-0.39, 0.29) is 17.6 Å². The minimum Gasteiger partial charge on any atom is -0.496 e. The molecule has 0 fully saturated rings. The molecule has 0 heterocycles. The van der Waals surface area contributed by atoms with Crippen molar-refractivity contribution in [2.24, 2.45) is 5.92 Å². The van der Waals surface area contributed by atoms with Gasteiger partial charge < -0.3 is 4.74 Å². The van der Waals surface area contributed by atoms with Crippen LogP contribution in [0.15, 0.2) is 78.9 Å². The normalized spacial score (nSPS) is 18.4. The highest BCUT2D eigenvalue weighted by molar-refractivity contribution is 6.31. The van der Waals surface area contributed by atoms with Crippen LogP contribution in [0, 0.1) is 5.92 Å². The first kappa shape index (κ1) is 19.8. The van der Waals surface area contributed by atoms with Crippen LogP contribution in [0.1, 0.15) is 33.8 Å². The van der Waals surface area contributed by atoms with Crippen LogP contribution in [0.25, 0.3) is 5.57 Å². The summed E-state index contributed by atoms with van der Waals surface area (Å²) in [6, 6.07) is 22.8. The number of rotatable bonds is 5. The van der Waals surface area contributed by atoms with E-state index in [1.165, 1.54) is 0 Å². The number of methoxy groups -OCH3 is 1. The van der Waals surface area contributed by atoms with Gasteiger partial charge in [0.25, 0.3) is 0 Å². The van der Waals surface area contributed by atoms with Crippen LogP contribution >= 0.6 is 23.2 Å². The maximum absolute atomic E-state index is 13.4. The second kappa shape index (κ2) is 8.44. The van der Waals surface area contributed by atoms with Crippen molar-refractivity contribution in [2.75, 3.05) is 7.11 Å². The van der Waals surface area contributed by atoms with Crippen molar-refractivity contribution < 1.29 is 9.53 Å². The van der Waals surface area contributed by atoms with Crippen LogP contribution < -0.4 is 4.74 Å². The number of para-hydroxylation sites is 1. The molecule has 29 heavy (non-hydrogen) atoms. The Morgan fingerprint density at radius 2 is 1.69 bits per heavy atom. The molecule has 4 heteroatoms. The fourth-order valence-electron chi connectivity index (χ4n) is 4.01. The van der Waals surface area contributed by atoms with Gasteiger partial charge in [-0.3, -0.25) is 4.79 Å². The van der Waals surface area contributed by atoms with Gasteiger partial charge in [0.15, 0.2) is 5.78 Å². The van der Waals surface area contributed by atoms with Crippen LogP contribution in [0.3, 0.4) is 0 Å². The molecule has 0 aromatic heterocycles. The van der Waals surface area contributed by atoms with E-state index in [2.05, 4.69) is 6.08 Å². The fourth-order valence-corrected chi connectivity index (χ4v) is 4.33. The smallest absolute Gasteiger partial charge is 0.170 e. The van der Waals surface area contributed by atoms with Gasteiger partial charge in [-0.15, -0.1) is 0 Å². The van der Waals surface area contributed by atoms with Crippen molar-refractivity contribution in [1.29, 1.82) is 0 Å². The van der Waals surface area contributed by atoms with Crippen LogP contribution in [-0.4, -0.2) is 12.9 Å². The molecule has 146 valence electrons. The lowest BCUT2D eigenvalue weighted by atomic mass is 9.83. The summed E-state index contributed by atoms with van der Waals surface area (Å²) in [7, 11) is 1.66. The molecular weight excluding hydrogens is 403 g/mol. The Morgan fingerprint density at radius 1 is 0.931 bits per heavy atom. The summed E-state index contributed by atoms with van der Waals surface area (Å²) in [6.07, 6.45) is 2.84. The molecule has 1 aliphatic rings. The molecule has 0 radical (unpaired) electrons. The summed E-state index contributed by atoms with van der Waals surface area (Å²) < 4.78 is 5.59. The molecule has 0 N–H and O–H groups in total. The zero-order chi connectivity index (χ0) is 20.4. The van der Waals surface area contributed by atoms with Crippen LogP contribution in [-0.2, 0) is 0 Å². The summed E-state index contributed by atoms with van der Waals surface area (Å²) in [5.74, 6) is 0.554. The van der Waals surface area contributed by atoms with Gasteiger partial charge in [-0.2, -0.15) is 0 Å². The van der Waals surface area contributed by atoms with Crippen molar-refractivity contribution in [1.82, 2.24) is 0 Å². The van der Waals surface area contributed by atoms with Crippen LogP contribution in [0.2, 0.25) is 10.0 Å². The standard InChI is InChI=1S/C25H20Cl2O2/c1-29-24-8-3-2-7-21(24)22-14-18(16-9-11-19(26)12-10-16)15-23(22)25(28)17-5-4-6-20(27)13-17/h2-13,15,22-23H,14H2,1H3. The topological polar surface area (TPSA) is 26.3 Å². The maximum Gasteiger partial charge on any atom is 0.170 e. The Labute approximate surface area is 180 Å². The van der Waals surface area contributed by atoms with E-state index >= 15 is 0 Å². The van der Waals surface area contributed by atoms with Crippen molar-refractivity contribution in [3.05, 3.63) is 106 Å². The highest BCUT2D eigenvalue weighted by atomic mass is 35.5. The number of hydrogen-bond acceptors (Lipinski definition) is 2. The third-order valence-electron chi connectivity index (χ3n) is 5.42. The largest absolute Gasteiger partial charge is 0.496 e. The predicted molar refractivity (Wildman–Crippen MR) is 119 cm³/mol. The summed E-state index contributed by atoms with van der Waals surface area (Å²) in [6.45, 7) is 0. The first-order valence-corrected chi connectivity index (χ1v) is 10.2. The van der Waals surface area contributed by atoms with Gasteiger partial charge in [0.05, 0.1) is 7.11 Å². The Bertz CT molecular complexity index is 1070. The van der Waals surface area contributed by atoms with E-state index in [9.17, 15) is 4.79 Å². The first-order chi connectivity index (χ1) is 14.1. The molecule has 2 nitrogen and oxygen atoms in total. The monoisotopic (exact) mass is 422 g/mol. The Hall–Kier alpha value is -2.55. The molecule has 0 saturated heterocycles. The fraction of sp³-hybridized carbons (Fsp3) is 0.160. The lowest BCUT2D eigenvalue weighted by molar-refractivity contribution is 0.0934. The van der Waals surface area contributed by atoms with E-state index < -0.39 is 0 Å². The average Bonchev–Trinajstić information content (AvgIpc) is 3.19. The van der Waals surface area contributed by atoms with E-state index in [1.54, 1.807) is 19.2 Å². The molecule has 2 atom stereocenters. The molecule has 0 bridgehead atoms. The van der Waals surface area contributed by atoms with E-state index in [0.717, 1.165) is 28.9 Å². The lowest BCUT2D eigenvalue weighted by Gasteiger charge is -2.21. The number of ether oxygens (including phenoxy) is 1. The number of carbonyl (C=O) groups excluding carboxylic acids is 1. The van der Waals surface area contributed by atoms with Crippen molar-refractivity contribution in [3.8, 4) is 5.75 Å². The minimum atomic E-state index is -0.296. The highest BCUT2D eigenvalue weighted by Crippen LogP contribution is 2.46. The highest BCUT2D eigenvalue weighted by Gasteiger charge is 2.36. The van der Waals surface area contributed by atoms with Crippen molar-refractivity contribution in [2.45, 2.75) is 12.3 Å². The van der Waals surface area contributed by atoms with Crippen LogP contribution in [0.4, 0.5) is 0 Å². The molecular formula is C25H20Cl2O2. The van der Waals surface area contributed by atoms with E-state index in [0.29, 0.717) is 15.6 Å². The van der Waals surface area contributed by atoms with Gasteiger partial charge in [0, 0.05) is 27.4 Å². The van der Waals surface area contributed by atoms with E-state index in [4.69, 9.17) is 27.9 Å². The second-order valence-electron chi connectivity index (χ2n) is 7.15. The molecule has 2 unspecified atom stereocenters. The number of hydrogen-bond donors (Lipinski definition) is 0. The van der Waals surface area contributed by atoms with Crippen molar-refractivity contribution in [3.63, 3.8) is 0 Å². The molecule has 0 amide bonds. The SMILES string of the molecule is COc1ccccc1C1CC(c2ccc(Cl)cc2)=CC1C(=O)c1cccc(Cl)c1. The van der Waals surface area contributed by atoms with Gasteiger partial charge in [0.2, 0.25) is 0 Å². The van der Waals surface area contributed by atoms with Gasteiger partial charge in [-0.05, 0) is 53.5 Å². The average molecular weight is 423 g/mol. The van der Waals surface area contributed by atoms with Gasteiger partial charge in [-0.25, -0.2) is 0 Å². The summed E-state index contributed by atoms with van der Waals surface area (Å²) in [4.78, 5) is 13.4. The molecule has 4 rings (SSSR count). The molecule has 0 aliphatic heterocycles. The van der Waals surface area contributed by atoms with E-state index in [1.807, 2.05) is 60.7 Å². The Morgan fingerprint density at radius 3 is 2.41 bits per heavy atom. The molecule has 3 aromatic carbocycles. The zero-order valence-electron chi connectivity index (χ0n) is 15.9. The van der Waals surface area contributed by atoms with Crippen molar-refractivity contribution >= 4 is 34.6 Å². The number of benzene rings is 3. The van der Waals surface area contributed by atoms with Crippen LogP contribution in [0.5, 0.6) is 5.75 Å².